The molecule has 1 aliphatic carbocycles. The van der Waals surface area contributed by atoms with Crippen molar-refractivity contribution in [2.24, 2.45) is 5.92 Å². The molecule has 2 aromatic carbocycles. The number of fused-ring (bicyclic) bond motifs is 1. The van der Waals surface area contributed by atoms with Crippen LogP contribution in [0.15, 0.2) is 42.5 Å². The van der Waals surface area contributed by atoms with E-state index in [2.05, 4.69) is 35.9 Å². The first kappa shape index (κ1) is 17.8. The molecule has 25 heavy (non-hydrogen) atoms. The second-order valence-corrected chi connectivity index (χ2v) is 6.80. The molecule has 0 spiro atoms. The van der Waals surface area contributed by atoms with E-state index in [4.69, 9.17) is 0 Å². The van der Waals surface area contributed by atoms with E-state index in [0.717, 1.165) is 49.7 Å². The van der Waals surface area contributed by atoms with Crippen LogP contribution >= 0.6 is 0 Å². The van der Waals surface area contributed by atoms with E-state index >= 15 is 0 Å². The fourth-order valence-corrected chi connectivity index (χ4v) is 3.56. The molecule has 0 saturated carbocycles. The SMILES string of the molecule is CCc1ccc(CCC2CCc3cc(OC(F)(F)F)ccc3C2)cc1. The molecule has 0 aromatic heterocycles. The Kier molecular flexibility index (Phi) is 5.36. The summed E-state index contributed by atoms with van der Waals surface area (Å²) < 4.78 is 41.0. The summed E-state index contributed by atoms with van der Waals surface area (Å²) in [4.78, 5) is 0. The maximum atomic E-state index is 12.3. The Labute approximate surface area is 146 Å². The second-order valence-electron chi connectivity index (χ2n) is 6.80. The van der Waals surface area contributed by atoms with Crippen LogP contribution in [0.2, 0.25) is 0 Å². The number of aryl methyl sites for hydroxylation is 3. The highest BCUT2D eigenvalue weighted by atomic mass is 19.4. The molecule has 0 radical (unpaired) electrons. The van der Waals surface area contributed by atoms with Crippen LogP contribution in [0.5, 0.6) is 5.75 Å². The maximum absolute atomic E-state index is 12.3. The molecule has 0 fully saturated rings. The van der Waals surface area contributed by atoms with Gasteiger partial charge in [0.1, 0.15) is 5.75 Å². The van der Waals surface area contributed by atoms with Crippen molar-refractivity contribution in [1.29, 1.82) is 0 Å². The highest BCUT2D eigenvalue weighted by molar-refractivity contribution is 5.37. The Balaban J connectivity index is 1.57. The summed E-state index contributed by atoms with van der Waals surface area (Å²) in [7, 11) is 0. The Morgan fingerprint density at radius 3 is 2.40 bits per heavy atom. The topological polar surface area (TPSA) is 9.23 Å². The molecule has 0 aliphatic heterocycles. The zero-order valence-electron chi connectivity index (χ0n) is 14.4. The fraction of sp³-hybridized carbons (Fsp3) is 0.429. The van der Waals surface area contributed by atoms with Crippen molar-refractivity contribution < 1.29 is 17.9 Å². The largest absolute Gasteiger partial charge is 0.573 e. The van der Waals surface area contributed by atoms with E-state index in [1.54, 1.807) is 12.1 Å². The summed E-state index contributed by atoms with van der Waals surface area (Å²) in [6, 6.07) is 13.5. The highest BCUT2D eigenvalue weighted by Crippen LogP contribution is 2.32. The lowest BCUT2D eigenvalue weighted by molar-refractivity contribution is -0.274. The molecule has 134 valence electrons. The van der Waals surface area contributed by atoms with Gasteiger partial charge in [-0.2, -0.15) is 0 Å². The molecule has 2 aromatic rings. The van der Waals surface area contributed by atoms with Gasteiger partial charge in [-0.15, -0.1) is 13.2 Å². The van der Waals surface area contributed by atoms with Gasteiger partial charge in [-0.25, -0.2) is 0 Å². The molecular formula is C21H23F3O. The van der Waals surface area contributed by atoms with Crippen LogP contribution in [-0.2, 0) is 25.7 Å². The van der Waals surface area contributed by atoms with Crippen LogP contribution in [0.4, 0.5) is 13.2 Å². The zero-order chi connectivity index (χ0) is 17.9. The van der Waals surface area contributed by atoms with Gasteiger partial charge in [0.25, 0.3) is 0 Å². The minimum absolute atomic E-state index is 0.110. The lowest BCUT2D eigenvalue weighted by atomic mass is 9.81. The van der Waals surface area contributed by atoms with Gasteiger partial charge in [0.05, 0.1) is 0 Å². The van der Waals surface area contributed by atoms with E-state index in [9.17, 15) is 13.2 Å². The van der Waals surface area contributed by atoms with Crippen molar-refractivity contribution in [1.82, 2.24) is 0 Å². The van der Waals surface area contributed by atoms with Gasteiger partial charge < -0.3 is 4.74 Å². The summed E-state index contributed by atoms with van der Waals surface area (Å²) in [5.74, 6) is 0.480. The first-order valence-corrected chi connectivity index (χ1v) is 8.88. The summed E-state index contributed by atoms with van der Waals surface area (Å²) in [5, 5.41) is 0. The van der Waals surface area contributed by atoms with Crippen LogP contribution in [-0.4, -0.2) is 6.36 Å². The molecule has 1 aliphatic rings. The monoisotopic (exact) mass is 348 g/mol. The second kappa shape index (κ2) is 7.51. The molecule has 1 unspecified atom stereocenters. The Bertz CT molecular complexity index is 704. The molecule has 0 heterocycles. The van der Waals surface area contributed by atoms with Gasteiger partial charge in [-0.1, -0.05) is 37.3 Å². The molecule has 3 rings (SSSR count). The lowest BCUT2D eigenvalue weighted by Crippen LogP contribution is -2.18. The molecule has 1 atom stereocenters. The molecule has 0 saturated heterocycles. The first-order chi connectivity index (χ1) is 11.9. The van der Waals surface area contributed by atoms with Gasteiger partial charge in [-0.3, -0.25) is 0 Å². The Hall–Kier alpha value is -1.97. The predicted octanol–water partition coefficient (Wildman–Crippen LogP) is 5.89. The van der Waals surface area contributed by atoms with Crippen LogP contribution in [0.1, 0.15) is 42.0 Å². The molecular weight excluding hydrogens is 325 g/mol. The number of benzene rings is 2. The summed E-state index contributed by atoms with van der Waals surface area (Å²) in [6.07, 6.45) is 1.39. The van der Waals surface area contributed by atoms with Crippen LogP contribution in [0.25, 0.3) is 0 Å². The van der Waals surface area contributed by atoms with Gasteiger partial charge in [0.15, 0.2) is 0 Å². The molecule has 0 N–H and O–H groups in total. The van der Waals surface area contributed by atoms with Crippen LogP contribution in [0.3, 0.4) is 0 Å². The number of hydrogen-bond donors (Lipinski definition) is 0. The summed E-state index contributed by atoms with van der Waals surface area (Å²) >= 11 is 0. The average Bonchev–Trinajstić information content (AvgIpc) is 2.59. The smallest absolute Gasteiger partial charge is 0.406 e. The molecule has 0 amide bonds. The zero-order valence-corrected chi connectivity index (χ0v) is 14.4. The van der Waals surface area contributed by atoms with E-state index < -0.39 is 6.36 Å². The number of halogens is 3. The van der Waals surface area contributed by atoms with Crippen molar-refractivity contribution in [2.75, 3.05) is 0 Å². The lowest BCUT2D eigenvalue weighted by Gasteiger charge is -2.25. The maximum Gasteiger partial charge on any atom is 0.573 e. The number of rotatable bonds is 5. The number of ether oxygens (including phenoxy) is 1. The Morgan fingerprint density at radius 1 is 1.00 bits per heavy atom. The minimum Gasteiger partial charge on any atom is -0.406 e. The summed E-state index contributed by atoms with van der Waals surface area (Å²) in [6.45, 7) is 2.15. The van der Waals surface area contributed by atoms with Crippen molar-refractivity contribution in [3.63, 3.8) is 0 Å². The van der Waals surface area contributed by atoms with Gasteiger partial charge in [0.2, 0.25) is 0 Å². The third-order valence-electron chi connectivity index (χ3n) is 5.01. The third-order valence-corrected chi connectivity index (χ3v) is 5.01. The van der Waals surface area contributed by atoms with E-state index in [0.29, 0.717) is 5.92 Å². The standard InChI is InChI=1S/C21H23F3O/c1-2-15-3-5-16(6-4-15)7-8-17-9-10-19-14-20(25-21(22,23)24)12-11-18(19)13-17/h3-6,11-12,14,17H,2,7-10,13H2,1H3. The Morgan fingerprint density at radius 2 is 1.72 bits per heavy atom. The first-order valence-electron chi connectivity index (χ1n) is 8.88. The van der Waals surface area contributed by atoms with Gasteiger partial charge in [0, 0.05) is 0 Å². The van der Waals surface area contributed by atoms with Crippen LogP contribution < -0.4 is 4.74 Å². The van der Waals surface area contributed by atoms with Crippen molar-refractivity contribution in [3.05, 3.63) is 64.7 Å². The summed E-state index contributed by atoms with van der Waals surface area (Å²) in [5.41, 5.74) is 4.86. The van der Waals surface area contributed by atoms with E-state index in [-0.39, 0.29) is 5.75 Å². The predicted molar refractivity (Wildman–Crippen MR) is 92.8 cm³/mol. The van der Waals surface area contributed by atoms with Crippen molar-refractivity contribution in [3.8, 4) is 5.75 Å². The van der Waals surface area contributed by atoms with Crippen LogP contribution in [0, 0.1) is 5.92 Å². The average molecular weight is 348 g/mol. The van der Waals surface area contributed by atoms with Gasteiger partial charge >= 0.3 is 6.36 Å². The molecule has 1 nitrogen and oxygen atoms in total. The quantitative estimate of drug-likeness (QED) is 0.655. The van der Waals surface area contributed by atoms with E-state index in [1.165, 1.54) is 17.2 Å². The third kappa shape index (κ3) is 5.00. The molecule has 4 heteroatoms. The number of hydrogen-bond acceptors (Lipinski definition) is 1. The normalized spacial score (nSPS) is 17.2. The fourth-order valence-electron chi connectivity index (χ4n) is 3.56. The van der Waals surface area contributed by atoms with E-state index in [1.807, 2.05) is 0 Å². The van der Waals surface area contributed by atoms with Crippen molar-refractivity contribution >= 4 is 0 Å². The molecule has 0 bridgehead atoms. The number of alkyl halides is 3. The minimum atomic E-state index is -4.63. The highest BCUT2D eigenvalue weighted by Gasteiger charge is 2.31. The van der Waals surface area contributed by atoms with Gasteiger partial charge in [-0.05, 0) is 78.8 Å². The van der Waals surface area contributed by atoms with Crippen molar-refractivity contribution in [2.45, 2.75) is 51.8 Å².